The molecule has 7 nitrogen and oxygen atoms in total. The largest absolute Gasteiger partial charge is 0.467 e. The van der Waals surface area contributed by atoms with E-state index in [-0.39, 0.29) is 30.4 Å². The van der Waals surface area contributed by atoms with E-state index in [4.69, 9.17) is 17.3 Å². The smallest absolute Gasteiger partial charge is 0.328 e. The second-order valence-corrected chi connectivity index (χ2v) is 3.92. The molecule has 8 heteroatoms. The van der Waals surface area contributed by atoms with Crippen molar-refractivity contribution in [2.24, 2.45) is 5.73 Å². The third-order valence-electron chi connectivity index (χ3n) is 2.27. The predicted molar refractivity (Wildman–Crippen MR) is 64.9 cm³/mol. The van der Waals surface area contributed by atoms with Gasteiger partial charge in [0.15, 0.2) is 0 Å². The predicted octanol–water partition coefficient (Wildman–Crippen LogP) is -0.388. The third-order valence-corrected chi connectivity index (χ3v) is 2.59. The van der Waals surface area contributed by atoms with Crippen molar-refractivity contribution in [1.29, 1.82) is 0 Å². The van der Waals surface area contributed by atoms with Crippen molar-refractivity contribution in [3.05, 3.63) is 17.2 Å². The Morgan fingerprint density at radius 3 is 2.89 bits per heavy atom. The lowest BCUT2D eigenvalue weighted by molar-refractivity contribution is -0.145. The average molecular weight is 275 g/mol. The summed E-state index contributed by atoms with van der Waals surface area (Å²) >= 11 is 5.80. The monoisotopic (exact) mass is 274 g/mol. The van der Waals surface area contributed by atoms with Crippen LogP contribution < -0.4 is 11.1 Å². The van der Waals surface area contributed by atoms with Gasteiger partial charge in [-0.15, -0.1) is 0 Å². The first-order chi connectivity index (χ1) is 8.58. The zero-order valence-electron chi connectivity index (χ0n) is 9.90. The number of nitrogens with two attached hydrogens (primary N) is 1. The maximum absolute atomic E-state index is 11.5. The Morgan fingerprint density at radius 2 is 2.39 bits per heavy atom. The van der Waals surface area contributed by atoms with Crippen LogP contribution in [0, 0.1) is 0 Å². The first-order valence-electron chi connectivity index (χ1n) is 5.33. The van der Waals surface area contributed by atoms with E-state index in [0.29, 0.717) is 5.69 Å². The van der Waals surface area contributed by atoms with Gasteiger partial charge in [0.2, 0.25) is 5.91 Å². The zero-order valence-corrected chi connectivity index (χ0v) is 10.7. The van der Waals surface area contributed by atoms with Gasteiger partial charge in [0.25, 0.3) is 0 Å². The van der Waals surface area contributed by atoms with Gasteiger partial charge in [0.1, 0.15) is 11.2 Å². The van der Waals surface area contributed by atoms with Crippen molar-refractivity contribution in [1.82, 2.24) is 15.3 Å². The Labute approximate surface area is 109 Å². The van der Waals surface area contributed by atoms with Crippen molar-refractivity contribution in [2.75, 3.05) is 13.7 Å². The number of esters is 1. The first-order valence-corrected chi connectivity index (χ1v) is 5.71. The number of H-pyrrole nitrogens is 1. The van der Waals surface area contributed by atoms with Crippen LogP contribution in [0.1, 0.15) is 12.1 Å². The normalized spacial score (nSPS) is 11.9. The Morgan fingerprint density at radius 1 is 1.67 bits per heavy atom. The summed E-state index contributed by atoms with van der Waals surface area (Å²) in [6.07, 6.45) is 1.74. The van der Waals surface area contributed by atoms with Crippen LogP contribution in [-0.2, 0) is 20.7 Å². The number of amides is 1. The summed E-state index contributed by atoms with van der Waals surface area (Å²) in [6, 6.07) is -0.813. The molecule has 0 aliphatic carbocycles. The second kappa shape index (κ2) is 6.97. The molecule has 0 saturated heterocycles. The van der Waals surface area contributed by atoms with Crippen molar-refractivity contribution in [3.63, 3.8) is 0 Å². The lowest BCUT2D eigenvalue weighted by Gasteiger charge is -2.15. The van der Waals surface area contributed by atoms with E-state index in [0.717, 1.165) is 0 Å². The van der Waals surface area contributed by atoms with Crippen molar-refractivity contribution in [2.45, 2.75) is 18.9 Å². The fourth-order valence-electron chi connectivity index (χ4n) is 1.38. The van der Waals surface area contributed by atoms with Gasteiger partial charge in [-0.25, -0.2) is 9.78 Å². The quantitative estimate of drug-likeness (QED) is 0.612. The maximum Gasteiger partial charge on any atom is 0.328 e. The molecule has 0 aromatic carbocycles. The molecule has 1 aromatic heterocycles. The number of aromatic amines is 1. The molecule has 0 saturated carbocycles. The average Bonchev–Trinajstić information content (AvgIpc) is 2.73. The molecule has 4 N–H and O–H groups in total. The van der Waals surface area contributed by atoms with Crippen molar-refractivity contribution >= 4 is 23.5 Å². The molecular weight excluding hydrogens is 260 g/mol. The molecule has 0 aliphatic rings. The number of nitrogens with one attached hydrogen (secondary N) is 2. The van der Waals surface area contributed by atoms with Crippen LogP contribution in [0.3, 0.4) is 0 Å². The van der Waals surface area contributed by atoms with Gasteiger partial charge >= 0.3 is 5.97 Å². The van der Waals surface area contributed by atoms with E-state index >= 15 is 0 Å². The Hall–Kier alpha value is -1.60. The second-order valence-electron chi connectivity index (χ2n) is 3.56. The highest BCUT2D eigenvalue weighted by Crippen LogP contribution is 2.12. The summed E-state index contributed by atoms with van der Waals surface area (Å²) in [5, 5.41) is 2.80. The summed E-state index contributed by atoms with van der Waals surface area (Å²) in [5.74, 6) is -0.866. The van der Waals surface area contributed by atoms with Gasteiger partial charge in [-0.2, -0.15) is 0 Å². The van der Waals surface area contributed by atoms with Gasteiger partial charge < -0.3 is 20.8 Å². The van der Waals surface area contributed by atoms with Gasteiger partial charge in [0.05, 0.1) is 19.1 Å². The van der Waals surface area contributed by atoms with Gasteiger partial charge in [-0.1, -0.05) is 11.6 Å². The van der Waals surface area contributed by atoms with Gasteiger partial charge in [0, 0.05) is 19.4 Å². The van der Waals surface area contributed by atoms with Crippen LogP contribution in [0.4, 0.5) is 0 Å². The highest BCUT2D eigenvalue weighted by Gasteiger charge is 2.23. The molecule has 1 aromatic rings. The van der Waals surface area contributed by atoms with Crippen molar-refractivity contribution < 1.29 is 14.3 Å². The summed E-state index contributed by atoms with van der Waals surface area (Å²) in [4.78, 5) is 29.6. The van der Waals surface area contributed by atoms with Crippen LogP contribution in [0.5, 0.6) is 0 Å². The number of carbonyl (C=O) groups is 2. The van der Waals surface area contributed by atoms with Crippen LogP contribution >= 0.6 is 11.6 Å². The Bertz CT molecular complexity index is 421. The van der Waals surface area contributed by atoms with E-state index in [1.165, 1.54) is 13.4 Å². The summed E-state index contributed by atoms with van der Waals surface area (Å²) < 4.78 is 4.62. The first kappa shape index (κ1) is 14.5. The lowest BCUT2D eigenvalue weighted by Crippen LogP contribution is -2.43. The molecule has 0 bridgehead atoms. The van der Waals surface area contributed by atoms with E-state index in [1.807, 2.05) is 0 Å². The summed E-state index contributed by atoms with van der Waals surface area (Å²) in [7, 11) is 1.25. The zero-order chi connectivity index (χ0) is 13.5. The number of nitrogens with zero attached hydrogens (tertiary/aromatic N) is 1. The number of rotatable bonds is 6. The number of carbonyl (C=O) groups excluding carboxylic acids is 2. The minimum atomic E-state index is -0.813. The van der Waals surface area contributed by atoms with Crippen LogP contribution in [0.25, 0.3) is 0 Å². The summed E-state index contributed by atoms with van der Waals surface area (Å²) in [5.41, 5.74) is 5.82. The molecule has 0 spiro atoms. The number of aromatic nitrogens is 2. The molecule has 0 radical (unpaired) electrons. The SMILES string of the molecule is COC(=O)[C@H](Cc1[nH]cnc1Cl)NC(=O)CCN. The Balaban J connectivity index is 2.70. The molecule has 1 rings (SSSR count). The molecule has 18 heavy (non-hydrogen) atoms. The molecule has 1 amide bonds. The van der Waals surface area contributed by atoms with Gasteiger partial charge in [-0.05, 0) is 0 Å². The molecule has 1 atom stereocenters. The number of hydrogen-bond donors (Lipinski definition) is 3. The van der Waals surface area contributed by atoms with Crippen LogP contribution in [0.15, 0.2) is 6.33 Å². The highest BCUT2D eigenvalue weighted by molar-refractivity contribution is 6.30. The van der Waals surface area contributed by atoms with Gasteiger partial charge in [-0.3, -0.25) is 4.79 Å². The van der Waals surface area contributed by atoms with E-state index in [1.54, 1.807) is 0 Å². The maximum atomic E-state index is 11.5. The molecule has 0 unspecified atom stereocenters. The van der Waals surface area contributed by atoms with Crippen LogP contribution in [-0.4, -0.2) is 41.5 Å². The Kier molecular flexibility index (Phi) is 5.60. The van der Waals surface area contributed by atoms with E-state index < -0.39 is 12.0 Å². The lowest BCUT2D eigenvalue weighted by atomic mass is 10.1. The number of methoxy groups -OCH3 is 1. The number of halogens is 1. The minimum Gasteiger partial charge on any atom is -0.467 e. The fraction of sp³-hybridized carbons (Fsp3) is 0.500. The van der Waals surface area contributed by atoms with E-state index in [2.05, 4.69) is 20.0 Å². The minimum absolute atomic E-state index is 0.143. The number of ether oxygens (including phenoxy) is 1. The number of imidazole rings is 1. The van der Waals surface area contributed by atoms with Crippen LogP contribution in [0.2, 0.25) is 5.15 Å². The molecule has 100 valence electrons. The van der Waals surface area contributed by atoms with Crippen molar-refractivity contribution in [3.8, 4) is 0 Å². The molecular formula is C10H15ClN4O3. The number of hydrogen-bond acceptors (Lipinski definition) is 5. The molecule has 0 fully saturated rings. The summed E-state index contributed by atoms with van der Waals surface area (Å²) in [6.45, 7) is 0.213. The fourth-order valence-corrected chi connectivity index (χ4v) is 1.57. The third kappa shape index (κ3) is 4.01. The molecule has 1 heterocycles. The standard InChI is InChI=1S/C10H15ClN4O3/c1-18-10(17)7(15-8(16)2-3-12)4-6-9(11)14-5-13-6/h5,7H,2-4,12H2,1H3,(H,13,14)(H,15,16)/t7-/m0/s1. The van der Waals surface area contributed by atoms with E-state index in [9.17, 15) is 9.59 Å². The molecule has 0 aliphatic heterocycles. The highest BCUT2D eigenvalue weighted by atomic mass is 35.5. The topological polar surface area (TPSA) is 110 Å².